The van der Waals surface area contributed by atoms with Crippen molar-refractivity contribution in [2.75, 3.05) is 6.54 Å². The second-order valence-electron chi connectivity index (χ2n) is 6.25. The van der Waals surface area contributed by atoms with Gasteiger partial charge in [-0.3, -0.25) is 0 Å². The zero-order valence-corrected chi connectivity index (χ0v) is 10.6. The molecule has 0 heterocycles. The third-order valence-electron chi connectivity index (χ3n) is 3.92. The first-order valence-corrected chi connectivity index (χ1v) is 6.77. The van der Waals surface area contributed by atoms with Gasteiger partial charge in [-0.2, -0.15) is 5.26 Å². The highest BCUT2D eigenvalue weighted by molar-refractivity contribution is 4.96. The van der Waals surface area contributed by atoms with Gasteiger partial charge in [-0.25, -0.2) is 0 Å². The molecule has 16 heavy (non-hydrogen) atoms. The van der Waals surface area contributed by atoms with Crippen LogP contribution in [0.3, 0.4) is 0 Å². The van der Waals surface area contributed by atoms with Gasteiger partial charge in [-0.05, 0) is 70.8 Å². The van der Waals surface area contributed by atoms with Gasteiger partial charge in [0.15, 0.2) is 0 Å². The van der Waals surface area contributed by atoms with Crippen molar-refractivity contribution >= 4 is 0 Å². The standard InChI is InChI=1S/C14H24N2/c1-14(2,10-15)8-3-9-16-13(11-4-5-11)12-6-7-12/h11-13,16H,3-9H2,1-2H3. The van der Waals surface area contributed by atoms with E-state index in [9.17, 15) is 0 Å². The molecule has 0 bridgehead atoms. The summed E-state index contributed by atoms with van der Waals surface area (Å²) in [6, 6.07) is 3.18. The van der Waals surface area contributed by atoms with Gasteiger partial charge >= 0.3 is 0 Å². The summed E-state index contributed by atoms with van der Waals surface area (Å²) < 4.78 is 0. The number of nitriles is 1. The Morgan fingerprint density at radius 1 is 1.25 bits per heavy atom. The second-order valence-corrected chi connectivity index (χ2v) is 6.25. The van der Waals surface area contributed by atoms with Crippen molar-refractivity contribution in [3.63, 3.8) is 0 Å². The lowest BCUT2D eigenvalue weighted by molar-refractivity contribution is 0.379. The van der Waals surface area contributed by atoms with Crippen LogP contribution in [0.25, 0.3) is 0 Å². The summed E-state index contributed by atoms with van der Waals surface area (Å²) in [6.07, 6.45) is 7.92. The molecule has 0 amide bonds. The summed E-state index contributed by atoms with van der Waals surface area (Å²) in [4.78, 5) is 0. The highest BCUT2D eigenvalue weighted by atomic mass is 14.9. The topological polar surface area (TPSA) is 35.8 Å². The van der Waals surface area contributed by atoms with Crippen LogP contribution >= 0.6 is 0 Å². The zero-order valence-electron chi connectivity index (χ0n) is 10.6. The minimum absolute atomic E-state index is 0.143. The van der Waals surface area contributed by atoms with E-state index in [2.05, 4.69) is 11.4 Å². The monoisotopic (exact) mass is 220 g/mol. The van der Waals surface area contributed by atoms with Gasteiger partial charge in [-0.15, -0.1) is 0 Å². The van der Waals surface area contributed by atoms with Gasteiger partial charge in [-0.1, -0.05) is 0 Å². The predicted molar refractivity (Wildman–Crippen MR) is 65.9 cm³/mol. The van der Waals surface area contributed by atoms with E-state index in [-0.39, 0.29) is 5.41 Å². The molecule has 0 aliphatic heterocycles. The molecule has 2 rings (SSSR count). The highest BCUT2D eigenvalue weighted by Crippen LogP contribution is 2.44. The molecule has 1 N–H and O–H groups in total. The first-order chi connectivity index (χ1) is 7.62. The number of hydrogen-bond donors (Lipinski definition) is 1. The molecular formula is C14H24N2. The van der Waals surface area contributed by atoms with Crippen molar-refractivity contribution in [1.82, 2.24) is 5.32 Å². The lowest BCUT2D eigenvalue weighted by Crippen LogP contribution is -2.34. The Kier molecular flexibility index (Phi) is 3.54. The summed E-state index contributed by atoms with van der Waals surface area (Å²) in [5, 5.41) is 12.7. The van der Waals surface area contributed by atoms with Crippen LogP contribution in [0, 0.1) is 28.6 Å². The molecule has 0 aromatic rings. The fraction of sp³-hybridized carbons (Fsp3) is 0.929. The molecule has 0 radical (unpaired) electrons. The molecular weight excluding hydrogens is 196 g/mol. The summed E-state index contributed by atoms with van der Waals surface area (Å²) >= 11 is 0. The Labute approximate surface area is 99.4 Å². The van der Waals surface area contributed by atoms with Crippen LogP contribution < -0.4 is 5.32 Å². The maximum atomic E-state index is 8.93. The summed E-state index contributed by atoms with van der Waals surface area (Å²) in [5.41, 5.74) is -0.143. The van der Waals surface area contributed by atoms with Crippen LogP contribution in [-0.4, -0.2) is 12.6 Å². The molecule has 2 saturated carbocycles. The molecule has 0 atom stereocenters. The van der Waals surface area contributed by atoms with Gasteiger partial charge in [0.25, 0.3) is 0 Å². The van der Waals surface area contributed by atoms with Crippen LogP contribution in [0.5, 0.6) is 0 Å². The fourth-order valence-corrected chi connectivity index (χ4v) is 2.48. The molecule has 0 aromatic carbocycles. The van der Waals surface area contributed by atoms with E-state index in [1.54, 1.807) is 0 Å². The van der Waals surface area contributed by atoms with Gasteiger partial charge in [0.1, 0.15) is 0 Å². The summed E-state index contributed by atoms with van der Waals surface area (Å²) in [5.74, 6) is 1.97. The zero-order chi connectivity index (χ0) is 11.6. The van der Waals surface area contributed by atoms with Crippen molar-refractivity contribution in [2.24, 2.45) is 17.3 Å². The van der Waals surface area contributed by atoms with Crippen molar-refractivity contribution < 1.29 is 0 Å². The second kappa shape index (κ2) is 4.75. The first kappa shape index (κ1) is 11.9. The third-order valence-corrected chi connectivity index (χ3v) is 3.92. The van der Waals surface area contributed by atoms with Crippen molar-refractivity contribution in [3.8, 4) is 6.07 Å². The molecule has 0 unspecified atom stereocenters. The molecule has 90 valence electrons. The lowest BCUT2D eigenvalue weighted by Gasteiger charge is -2.19. The highest BCUT2D eigenvalue weighted by Gasteiger charge is 2.40. The van der Waals surface area contributed by atoms with Crippen LogP contribution in [0.2, 0.25) is 0 Å². The van der Waals surface area contributed by atoms with E-state index in [1.807, 2.05) is 13.8 Å². The number of rotatable bonds is 7. The molecule has 2 heteroatoms. The van der Waals surface area contributed by atoms with Crippen LogP contribution in [0.15, 0.2) is 0 Å². The van der Waals surface area contributed by atoms with Gasteiger partial charge in [0.2, 0.25) is 0 Å². The molecule has 2 aliphatic carbocycles. The Bertz CT molecular complexity index is 257. The lowest BCUT2D eigenvalue weighted by atomic mass is 9.90. The van der Waals surface area contributed by atoms with E-state index in [0.717, 1.165) is 37.3 Å². The molecule has 2 fully saturated rings. The number of nitrogens with zero attached hydrogens (tertiary/aromatic N) is 1. The Morgan fingerprint density at radius 2 is 1.81 bits per heavy atom. The molecule has 0 saturated heterocycles. The van der Waals surface area contributed by atoms with E-state index in [4.69, 9.17) is 5.26 Å². The fourth-order valence-electron chi connectivity index (χ4n) is 2.48. The maximum absolute atomic E-state index is 8.93. The normalized spacial score (nSPS) is 21.1. The Hall–Kier alpha value is -0.550. The average molecular weight is 220 g/mol. The van der Waals surface area contributed by atoms with E-state index in [0.29, 0.717) is 0 Å². The quantitative estimate of drug-likeness (QED) is 0.669. The number of hydrogen-bond acceptors (Lipinski definition) is 2. The number of nitrogens with one attached hydrogen (secondary N) is 1. The minimum atomic E-state index is -0.143. The smallest absolute Gasteiger partial charge is 0.0683 e. The van der Waals surface area contributed by atoms with Crippen LogP contribution in [0.1, 0.15) is 52.4 Å². The molecule has 2 nitrogen and oxygen atoms in total. The van der Waals surface area contributed by atoms with Crippen LogP contribution in [-0.2, 0) is 0 Å². The predicted octanol–water partition coefficient (Wildman–Crippen LogP) is 3.09. The molecule has 2 aliphatic rings. The van der Waals surface area contributed by atoms with Gasteiger partial charge in [0.05, 0.1) is 11.5 Å². The Balaban J connectivity index is 1.61. The van der Waals surface area contributed by atoms with Crippen molar-refractivity contribution in [3.05, 3.63) is 0 Å². The summed E-state index contributed by atoms with van der Waals surface area (Å²) in [7, 11) is 0. The summed E-state index contributed by atoms with van der Waals surface area (Å²) in [6.45, 7) is 5.17. The SMILES string of the molecule is CC(C)(C#N)CCCNC(C1CC1)C1CC1. The first-order valence-electron chi connectivity index (χ1n) is 6.77. The Morgan fingerprint density at radius 3 is 2.25 bits per heavy atom. The minimum Gasteiger partial charge on any atom is -0.313 e. The van der Waals surface area contributed by atoms with Gasteiger partial charge in [0, 0.05) is 6.04 Å². The van der Waals surface area contributed by atoms with E-state index >= 15 is 0 Å². The van der Waals surface area contributed by atoms with Gasteiger partial charge < -0.3 is 5.32 Å². The van der Waals surface area contributed by atoms with Crippen molar-refractivity contribution in [2.45, 2.75) is 58.4 Å². The maximum Gasteiger partial charge on any atom is 0.0683 e. The molecule has 0 aromatic heterocycles. The largest absolute Gasteiger partial charge is 0.313 e. The molecule has 0 spiro atoms. The van der Waals surface area contributed by atoms with Crippen LogP contribution in [0.4, 0.5) is 0 Å². The van der Waals surface area contributed by atoms with Crippen molar-refractivity contribution in [1.29, 1.82) is 5.26 Å². The third kappa shape index (κ3) is 3.49. The van der Waals surface area contributed by atoms with E-state index < -0.39 is 0 Å². The van der Waals surface area contributed by atoms with E-state index in [1.165, 1.54) is 25.7 Å². The average Bonchev–Trinajstić information content (AvgIpc) is 3.11.